The lowest BCUT2D eigenvalue weighted by Gasteiger charge is -2.28. The lowest BCUT2D eigenvalue weighted by molar-refractivity contribution is 0.00447. The van der Waals surface area contributed by atoms with E-state index in [2.05, 4.69) is 13.0 Å². The third-order valence-electron chi connectivity index (χ3n) is 3.50. The lowest BCUT2D eigenvalue weighted by Crippen LogP contribution is -2.28. The summed E-state index contributed by atoms with van der Waals surface area (Å²) in [5.74, 6) is 0.284. The molecule has 2 rings (SSSR count). The van der Waals surface area contributed by atoms with Crippen LogP contribution in [0.1, 0.15) is 37.3 Å². The summed E-state index contributed by atoms with van der Waals surface area (Å²) in [6, 6.07) is 9.45. The summed E-state index contributed by atoms with van der Waals surface area (Å²) in [5, 5.41) is 19.4. The van der Waals surface area contributed by atoms with Gasteiger partial charge in [-0.05, 0) is 42.9 Å². The first-order valence-corrected chi connectivity index (χ1v) is 5.40. The molecule has 0 saturated heterocycles. The number of nitriles is 1. The van der Waals surface area contributed by atoms with Crippen LogP contribution < -0.4 is 0 Å². The Kier molecular flexibility index (Phi) is 2.50. The molecular weight excluding hydrogens is 186 g/mol. The average Bonchev–Trinajstić information content (AvgIpc) is 2.61. The number of aliphatic hydroxyl groups is 1. The van der Waals surface area contributed by atoms with E-state index in [0.29, 0.717) is 5.56 Å². The van der Waals surface area contributed by atoms with Crippen LogP contribution in [0.25, 0.3) is 0 Å². The highest BCUT2D eigenvalue weighted by molar-refractivity contribution is 5.36. The Labute approximate surface area is 90.2 Å². The molecule has 1 saturated carbocycles. The van der Waals surface area contributed by atoms with Crippen molar-refractivity contribution < 1.29 is 5.11 Å². The molecule has 1 aliphatic rings. The molecule has 2 nitrogen and oxygen atoms in total. The Morgan fingerprint density at radius 3 is 2.93 bits per heavy atom. The van der Waals surface area contributed by atoms with E-state index in [1.165, 1.54) is 0 Å². The second kappa shape index (κ2) is 3.67. The van der Waals surface area contributed by atoms with E-state index in [0.717, 1.165) is 24.8 Å². The summed E-state index contributed by atoms with van der Waals surface area (Å²) in [5.41, 5.74) is 0.805. The largest absolute Gasteiger partial charge is 0.385 e. The molecule has 2 heteroatoms. The fraction of sp³-hybridized carbons (Fsp3) is 0.462. The average molecular weight is 201 g/mol. The Balaban J connectivity index is 2.41. The molecule has 1 N–H and O–H groups in total. The van der Waals surface area contributed by atoms with Gasteiger partial charge in [-0.25, -0.2) is 0 Å². The quantitative estimate of drug-likeness (QED) is 0.758. The Hall–Kier alpha value is -1.33. The highest BCUT2D eigenvalue weighted by Gasteiger charge is 2.39. The zero-order valence-electron chi connectivity index (χ0n) is 8.90. The normalized spacial score (nSPS) is 30.1. The lowest BCUT2D eigenvalue weighted by atomic mass is 9.84. The van der Waals surface area contributed by atoms with Gasteiger partial charge >= 0.3 is 0 Å². The van der Waals surface area contributed by atoms with Crippen molar-refractivity contribution in [1.29, 1.82) is 5.26 Å². The van der Waals surface area contributed by atoms with E-state index < -0.39 is 5.60 Å². The van der Waals surface area contributed by atoms with Gasteiger partial charge in [0.25, 0.3) is 0 Å². The number of benzene rings is 1. The molecule has 1 fully saturated rings. The Morgan fingerprint density at radius 1 is 1.53 bits per heavy atom. The minimum atomic E-state index is -0.715. The molecule has 1 aliphatic carbocycles. The van der Waals surface area contributed by atoms with Crippen LogP contribution >= 0.6 is 0 Å². The maximum Gasteiger partial charge on any atom is 0.0991 e. The highest BCUT2D eigenvalue weighted by atomic mass is 16.3. The molecule has 1 aromatic carbocycles. The van der Waals surface area contributed by atoms with Crippen molar-refractivity contribution in [3.8, 4) is 6.07 Å². The third kappa shape index (κ3) is 1.64. The first-order valence-electron chi connectivity index (χ1n) is 5.40. The van der Waals surface area contributed by atoms with E-state index in [-0.39, 0.29) is 5.92 Å². The molecule has 2 atom stereocenters. The molecule has 15 heavy (non-hydrogen) atoms. The van der Waals surface area contributed by atoms with Crippen LogP contribution in [0.5, 0.6) is 0 Å². The fourth-order valence-electron chi connectivity index (χ4n) is 2.45. The standard InChI is InChI=1S/C13H15NO/c1-10-4-3-7-13(10,15)12-6-2-5-11(8-12)9-14/h2,5-6,8,10,15H,3-4,7H2,1H3/t10-,13+/m1/s1. The van der Waals surface area contributed by atoms with E-state index in [9.17, 15) is 5.11 Å². The van der Waals surface area contributed by atoms with Crippen LogP contribution in [0.15, 0.2) is 24.3 Å². The van der Waals surface area contributed by atoms with Crippen LogP contribution in [0.2, 0.25) is 0 Å². The monoisotopic (exact) mass is 201 g/mol. The van der Waals surface area contributed by atoms with Gasteiger partial charge in [0.15, 0.2) is 0 Å². The summed E-state index contributed by atoms with van der Waals surface area (Å²) in [6.07, 6.45) is 2.94. The summed E-state index contributed by atoms with van der Waals surface area (Å²) < 4.78 is 0. The molecule has 78 valence electrons. The molecule has 0 bridgehead atoms. The first-order chi connectivity index (χ1) is 7.16. The molecule has 0 heterocycles. The number of hydrogen-bond donors (Lipinski definition) is 1. The number of hydrogen-bond acceptors (Lipinski definition) is 2. The predicted molar refractivity (Wildman–Crippen MR) is 58.1 cm³/mol. The molecule has 0 amide bonds. The molecular formula is C13H15NO. The van der Waals surface area contributed by atoms with E-state index in [4.69, 9.17) is 5.26 Å². The minimum Gasteiger partial charge on any atom is -0.385 e. The van der Waals surface area contributed by atoms with Crippen molar-refractivity contribution in [2.24, 2.45) is 5.92 Å². The SMILES string of the molecule is C[C@@H]1CCC[C@@]1(O)c1cccc(C#N)c1. The minimum absolute atomic E-state index is 0.284. The maximum atomic E-state index is 10.5. The number of nitrogens with zero attached hydrogens (tertiary/aromatic N) is 1. The summed E-state index contributed by atoms with van der Waals surface area (Å²) >= 11 is 0. The van der Waals surface area contributed by atoms with Gasteiger partial charge in [-0.3, -0.25) is 0 Å². The van der Waals surface area contributed by atoms with Gasteiger partial charge in [0.2, 0.25) is 0 Å². The Morgan fingerprint density at radius 2 is 2.33 bits per heavy atom. The molecule has 0 radical (unpaired) electrons. The predicted octanol–water partition coefficient (Wildman–Crippen LogP) is 2.57. The number of rotatable bonds is 1. The zero-order chi connectivity index (χ0) is 10.9. The second-order valence-electron chi connectivity index (χ2n) is 4.41. The van der Waals surface area contributed by atoms with Crippen molar-refractivity contribution in [1.82, 2.24) is 0 Å². The first kappa shape index (κ1) is 10.2. The third-order valence-corrected chi connectivity index (χ3v) is 3.50. The van der Waals surface area contributed by atoms with E-state index in [1.807, 2.05) is 18.2 Å². The maximum absolute atomic E-state index is 10.5. The summed E-state index contributed by atoms with van der Waals surface area (Å²) in [7, 11) is 0. The van der Waals surface area contributed by atoms with Gasteiger partial charge in [-0.2, -0.15) is 5.26 Å². The molecule has 0 aromatic heterocycles. The van der Waals surface area contributed by atoms with Gasteiger partial charge in [-0.1, -0.05) is 19.1 Å². The highest BCUT2D eigenvalue weighted by Crippen LogP contribution is 2.43. The molecule has 0 aliphatic heterocycles. The second-order valence-corrected chi connectivity index (χ2v) is 4.41. The van der Waals surface area contributed by atoms with Gasteiger partial charge in [0.05, 0.1) is 17.2 Å². The van der Waals surface area contributed by atoms with Crippen LogP contribution in [0.3, 0.4) is 0 Å². The van der Waals surface area contributed by atoms with Gasteiger partial charge in [0, 0.05) is 0 Å². The molecule has 0 unspecified atom stereocenters. The van der Waals surface area contributed by atoms with Crippen LogP contribution in [-0.2, 0) is 5.60 Å². The van der Waals surface area contributed by atoms with Gasteiger partial charge < -0.3 is 5.11 Å². The van der Waals surface area contributed by atoms with Crippen molar-refractivity contribution >= 4 is 0 Å². The van der Waals surface area contributed by atoms with Gasteiger partial charge in [-0.15, -0.1) is 0 Å². The van der Waals surface area contributed by atoms with Crippen LogP contribution in [-0.4, -0.2) is 5.11 Å². The molecule has 1 aromatic rings. The topological polar surface area (TPSA) is 44.0 Å². The van der Waals surface area contributed by atoms with Crippen LogP contribution in [0, 0.1) is 17.2 Å². The fourth-order valence-corrected chi connectivity index (χ4v) is 2.45. The van der Waals surface area contributed by atoms with Crippen LogP contribution in [0.4, 0.5) is 0 Å². The van der Waals surface area contributed by atoms with Crippen molar-refractivity contribution in [2.45, 2.75) is 31.8 Å². The summed E-state index contributed by atoms with van der Waals surface area (Å²) in [4.78, 5) is 0. The van der Waals surface area contributed by atoms with Crippen molar-refractivity contribution in [3.63, 3.8) is 0 Å². The molecule has 0 spiro atoms. The Bertz CT molecular complexity index is 407. The van der Waals surface area contributed by atoms with E-state index in [1.54, 1.807) is 6.07 Å². The van der Waals surface area contributed by atoms with Gasteiger partial charge in [0.1, 0.15) is 0 Å². The van der Waals surface area contributed by atoms with Crippen molar-refractivity contribution in [3.05, 3.63) is 35.4 Å². The smallest absolute Gasteiger partial charge is 0.0991 e. The van der Waals surface area contributed by atoms with Crippen molar-refractivity contribution in [2.75, 3.05) is 0 Å². The van der Waals surface area contributed by atoms with E-state index >= 15 is 0 Å². The summed E-state index contributed by atoms with van der Waals surface area (Å²) in [6.45, 7) is 2.08. The zero-order valence-corrected chi connectivity index (χ0v) is 8.90.